The van der Waals surface area contributed by atoms with E-state index >= 15 is 0 Å². The van der Waals surface area contributed by atoms with Gasteiger partial charge in [0.05, 0.1) is 7.11 Å². The molecule has 0 bridgehead atoms. The van der Waals surface area contributed by atoms with Gasteiger partial charge < -0.3 is 19.7 Å². The maximum Gasteiger partial charge on any atom is 0.251 e. The van der Waals surface area contributed by atoms with Crippen LogP contribution in [0.5, 0.6) is 5.88 Å². The fourth-order valence-electron chi connectivity index (χ4n) is 5.20. The molecule has 3 heterocycles. The van der Waals surface area contributed by atoms with Gasteiger partial charge in [-0.2, -0.15) is 0 Å². The van der Waals surface area contributed by atoms with Gasteiger partial charge in [0, 0.05) is 67.9 Å². The third kappa shape index (κ3) is 5.85. The topological polar surface area (TPSA) is 66.9 Å². The molecule has 7 heteroatoms. The number of ether oxygens (including phenoxy) is 2. The van der Waals surface area contributed by atoms with Gasteiger partial charge in [0.25, 0.3) is 5.91 Å². The SMILES string of the molecule is CCN(c1cccc2c1C/C=C/CN(C)Cc1cc(C)nc(OC)c1CNC2=O)C1CCOCC1. The monoisotopic (exact) mass is 478 g/mol. The highest BCUT2D eigenvalue weighted by atomic mass is 16.5. The summed E-state index contributed by atoms with van der Waals surface area (Å²) in [5.41, 5.74) is 5.90. The predicted octanol–water partition coefficient (Wildman–Crippen LogP) is 3.88. The van der Waals surface area contributed by atoms with E-state index in [-0.39, 0.29) is 5.91 Å². The van der Waals surface area contributed by atoms with E-state index in [1.165, 1.54) is 0 Å². The molecular formula is C28H38N4O3. The van der Waals surface area contributed by atoms with E-state index in [1.54, 1.807) is 7.11 Å². The van der Waals surface area contributed by atoms with Crippen LogP contribution in [-0.4, -0.2) is 62.3 Å². The Kier molecular flexibility index (Phi) is 8.42. The van der Waals surface area contributed by atoms with Crippen LogP contribution in [0.4, 0.5) is 5.69 Å². The number of hydrogen-bond donors (Lipinski definition) is 1. The molecule has 1 aromatic heterocycles. The van der Waals surface area contributed by atoms with Gasteiger partial charge in [-0.05, 0) is 69.5 Å². The Hall–Kier alpha value is -2.90. The molecule has 0 saturated carbocycles. The summed E-state index contributed by atoms with van der Waals surface area (Å²) in [5, 5.41) is 3.17. The van der Waals surface area contributed by atoms with Gasteiger partial charge in [0.1, 0.15) is 0 Å². The lowest BCUT2D eigenvalue weighted by atomic mass is 9.97. The zero-order valence-electron chi connectivity index (χ0n) is 21.5. The van der Waals surface area contributed by atoms with Gasteiger partial charge in [-0.3, -0.25) is 9.69 Å². The number of anilines is 1. The van der Waals surface area contributed by atoms with Crippen LogP contribution in [0.3, 0.4) is 0 Å². The van der Waals surface area contributed by atoms with Crippen molar-refractivity contribution in [2.45, 2.75) is 52.2 Å². The largest absolute Gasteiger partial charge is 0.481 e. The predicted molar refractivity (Wildman–Crippen MR) is 139 cm³/mol. The Morgan fingerprint density at radius 1 is 1.23 bits per heavy atom. The average molecular weight is 479 g/mol. The number of methoxy groups -OCH3 is 1. The van der Waals surface area contributed by atoms with E-state index < -0.39 is 0 Å². The van der Waals surface area contributed by atoms with Crippen molar-refractivity contribution < 1.29 is 14.3 Å². The van der Waals surface area contributed by atoms with Gasteiger partial charge in [-0.25, -0.2) is 4.98 Å². The Balaban J connectivity index is 1.73. The van der Waals surface area contributed by atoms with Crippen LogP contribution in [0.1, 0.15) is 52.5 Å². The molecule has 0 radical (unpaired) electrons. The van der Waals surface area contributed by atoms with Crippen molar-refractivity contribution in [3.63, 3.8) is 0 Å². The van der Waals surface area contributed by atoms with Crippen molar-refractivity contribution in [3.05, 3.63) is 64.4 Å². The maximum absolute atomic E-state index is 13.5. The van der Waals surface area contributed by atoms with Crippen molar-refractivity contribution in [1.82, 2.24) is 15.2 Å². The fourth-order valence-corrected chi connectivity index (χ4v) is 5.20. The molecule has 4 rings (SSSR count). The van der Waals surface area contributed by atoms with Crippen molar-refractivity contribution in [1.29, 1.82) is 0 Å². The summed E-state index contributed by atoms with van der Waals surface area (Å²) in [4.78, 5) is 22.8. The van der Waals surface area contributed by atoms with Gasteiger partial charge in [0.2, 0.25) is 5.88 Å². The highest BCUT2D eigenvalue weighted by Crippen LogP contribution is 2.30. The highest BCUT2D eigenvalue weighted by molar-refractivity contribution is 5.97. The van der Waals surface area contributed by atoms with Crippen LogP contribution in [0.2, 0.25) is 0 Å². The maximum atomic E-state index is 13.5. The molecular weight excluding hydrogens is 440 g/mol. The van der Waals surface area contributed by atoms with Crippen molar-refractivity contribution in [2.24, 2.45) is 0 Å². The number of likely N-dealkylation sites (N-methyl/N-ethyl adjacent to an activating group) is 1. The smallest absolute Gasteiger partial charge is 0.251 e. The summed E-state index contributed by atoms with van der Waals surface area (Å²) in [5.74, 6) is 0.504. The summed E-state index contributed by atoms with van der Waals surface area (Å²) in [6.45, 7) is 8.57. The van der Waals surface area contributed by atoms with Crippen molar-refractivity contribution in [3.8, 4) is 5.88 Å². The van der Waals surface area contributed by atoms with E-state index in [0.717, 1.165) is 79.3 Å². The Labute approximate surface area is 209 Å². The summed E-state index contributed by atoms with van der Waals surface area (Å²) in [6, 6.07) is 8.62. The molecule has 2 aromatic rings. The highest BCUT2D eigenvalue weighted by Gasteiger charge is 2.25. The molecule has 188 valence electrons. The number of rotatable bonds is 4. The number of aromatic nitrogens is 1. The molecule has 0 aliphatic carbocycles. The fraction of sp³-hybridized carbons (Fsp3) is 0.500. The lowest BCUT2D eigenvalue weighted by Gasteiger charge is -2.37. The first-order valence-corrected chi connectivity index (χ1v) is 12.6. The second-order valence-corrected chi connectivity index (χ2v) is 9.40. The van der Waals surface area contributed by atoms with Gasteiger partial charge >= 0.3 is 0 Å². The molecule has 1 amide bonds. The van der Waals surface area contributed by atoms with E-state index in [2.05, 4.69) is 58.4 Å². The number of aryl methyl sites for hydroxylation is 1. The normalized spacial score (nSPS) is 18.8. The minimum absolute atomic E-state index is 0.0699. The van der Waals surface area contributed by atoms with E-state index in [4.69, 9.17) is 9.47 Å². The third-order valence-electron chi connectivity index (χ3n) is 6.95. The number of hydrogen-bond acceptors (Lipinski definition) is 6. The number of nitrogens with zero attached hydrogens (tertiary/aromatic N) is 3. The van der Waals surface area contributed by atoms with Crippen LogP contribution < -0.4 is 15.0 Å². The zero-order valence-corrected chi connectivity index (χ0v) is 21.5. The second kappa shape index (κ2) is 11.7. The van der Waals surface area contributed by atoms with E-state index in [1.807, 2.05) is 19.1 Å². The van der Waals surface area contributed by atoms with Gasteiger partial charge in [0.15, 0.2) is 0 Å². The number of allylic oxidation sites excluding steroid dienone is 1. The van der Waals surface area contributed by atoms with Gasteiger partial charge in [-0.1, -0.05) is 18.2 Å². The number of benzene rings is 1. The lowest BCUT2D eigenvalue weighted by molar-refractivity contribution is 0.0845. The first-order valence-electron chi connectivity index (χ1n) is 12.6. The lowest BCUT2D eigenvalue weighted by Crippen LogP contribution is -2.40. The number of pyridine rings is 1. The molecule has 7 nitrogen and oxygen atoms in total. The van der Waals surface area contributed by atoms with Crippen LogP contribution in [0, 0.1) is 6.92 Å². The van der Waals surface area contributed by atoms with Crippen LogP contribution in [0.15, 0.2) is 36.4 Å². The van der Waals surface area contributed by atoms with Crippen LogP contribution >= 0.6 is 0 Å². The number of carbonyl (C=O) groups is 1. The van der Waals surface area contributed by atoms with Crippen molar-refractivity contribution in [2.75, 3.05) is 45.4 Å². The molecule has 1 aromatic carbocycles. The quantitative estimate of drug-likeness (QED) is 0.673. The first-order chi connectivity index (χ1) is 17.0. The zero-order chi connectivity index (χ0) is 24.8. The second-order valence-electron chi connectivity index (χ2n) is 9.40. The van der Waals surface area contributed by atoms with E-state index in [0.29, 0.717) is 24.9 Å². The number of carbonyl (C=O) groups excluding carboxylic acids is 1. The minimum atomic E-state index is -0.0699. The number of fused-ring (bicyclic) bond motifs is 2. The Bertz CT molecular complexity index is 1060. The number of nitrogens with one attached hydrogen (secondary N) is 1. The van der Waals surface area contributed by atoms with Crippen molar-refractivity contribution >= 4 is 11.6 Å². The standard InChI is InChI=1S/C28H38N4O3/c1-5-32(22-12-15-35-16-13-22)26-11-8-10-24-23(26)9-6-7-14-31(3)19-21-17-20(2)30-28(34-4)25(21)18-29-27(24)33/h6-8,10-11,17,22H,5,9,12-16,18-19H2,1-4H3,(H,29,33)/b7-6+. The number of amides is 1. The molecule has 0 atom stereocenters. The molecule has 1 saturated heterocycles. The van der Waals surface area contributed by atoms with Crippen LogP contribution in [-0.2, 0) is 24.2 Å². The van der Waals surface area contributed by atoms with E-state index in [9.17, 15) is 4.79 Å². The van der Waals surface area contributed by atoms with Gasteiger partial charge in [-0.15, -0.1) is 0 Å². The van der Waals surface area contributed by atoms with Crippen LogP contribution in [0.25, 0.3) is 0 Å². The Morgan fingerprint density at radius 3 is 2.77 bits per heavy atom. The molecule has 1 N–H and O–H groups in total. The molecule has 2 aliphatic rings. The summed E-state index contributed by atoms with van der Waals surface area (Å²) < 4.78 is 11.2. The molecule has 35 heavy (non-hydrogen) atoms. The molecule has 2 aliphatic heterocycles. The average Bonchev–Trinajstić information content (AvgIpc) is 2.87. The molecule has 0 unspecified atom stereocenters. The Morgan fingerprint density at radius 2 is 2.03 bits per heavy atom. The first kappa shape index (κ1) is 25.2. The molecule has 1 fully saturated rings. The minimum Gasteiger partial charge on any atom is -0.481 e. The summed E-state index contributed by atoms with van der Waals surface area (Å²) >= 11 is 0. The summed E-state index contributed by atoms with van der Waals surface area (Å²) in [6.07, 6.45) is 7.12. The summed E-state index contributed by atoms with van der Waals surface area (Å²) in [7, 11) is 3.74. The third-order valence-corrected chi connectivity index (χ3v) is 6.95. The molecule has 0 spiro atoms.